The highest BCUT2D eigenvalue weighted by molar-refractivity contribution is 5.76. The van der Waals surface area contributed by atoms with Gasteiger partial charge in [0.25, 0.3) is 0 Å². The normalized spacial score (nSPS) is 12.6. The van der Waals surface area contributed by atoms with Crippen molar-refractivity contribution in [1.82, 2.24) is 5.32 Å². The van der Waals surface area contributed by atoms with Gasteiger partial charge in [-0.2, -0.15) is 0 Å². The summed E-state index contributed by atoms with van der Waals surface area (Å²) in [5, 5.41) is 23.0. The van der Waals surface area contributed by atoms with Gasteiger partial charge in [0.05, 0.1) is 25.4 Å². The van der Waals surface area contributed by atoms with Crippen molar-refractivity contribution in [3.63, 3.8) is 0 Å². The minimum Gasteiger partial charge on any atom is -0.466 e. The summed E-state index contributed by atoms with van der Waals surface area (Å²) in [6.45, 7) is 4.93. The maximum Gasteiger partial charge on any atom is 0.305 e. The average Bonchev–Trinajstić information content (AvgIpc) is 3.48. The van der Waals surface area contributed by atoms with Gasteiger partial charge < -0.3 is 20.3 Å². The van der Waals surface area contributed by atoms with E-state index in [2.05, 4.69) is 31.3 Å². The van der Waals surface area contributed by atoms with E-state index in [1.807, 2.05) is 6.08 Å². The largest absolute Gasteiger partial charge is 0.466 e. The highest BCUT2D eigenvalue weighted by Crippen LogP contribution is 2.19. The number of carbonyl (C=O) groups is 2. The van der Waals surface area contributed by atoms with Crippen molar-refractivity contribution in [2.24, 2.45) is 0 Å². The van der Waals surface area contributed by atoms with E-state index in [1.54, 1.807) is 6.08 Å². The lowest BCUT2D eigenvalue weighted by atomic mass is 10.0. The van der Waals surface area contributed by atoms with Crippen molar-refractivity contribution in [3.05, 3.63) is 24.3 Å². The fourth-order valence-electron chi connectivity index (χ4n) is 12.2. The number of ether oxygens (including phenoxy) is 1. The van der Waals surface area contributed by atoms with E-state index < -0.39 is 12.1 Å². The molecular formula is C77H149NO5. The molecule has 3 N–H and O–H groups in total. The number of aliphatic hydroxyl groups excluding tert-OH is 2. The molecular weight excluding hydrogens is 1020 g/mol. The third kappa shape index (κ3) is 69.3. The first-order chi connectivity index (χ1) is 41.0. The van der Waals surface area contributed by atoms with Gasteiger partial charge in [-0.3, -0.25) is 9.59 Å². The van der Waals surface area contributed by atoms with Crippen LogP contribution in [0.2, 0.25) is 0 Å². The number of unbranched alkanes of at least 4 members (excludes halogenated alkanes) is 59. The molecule has 0 saturated carbocycles. The smallest absolute Gasteiger partial charge is 0.305 e. The van der Waals surface area contributed by atoms with Crippen LogP contribution in [0.25, 0.3) is 0 Å². The molecule has 83 heavy (non-hydrogen) atoms. The van der Waals surface area contributed by atoms with Crippen LogP contribution in [0.4, 0.5) is 0 Å². The van der Waals surface area contributed by atoms with E-state index in [-0.39, 0.29) is 18.5 Å². The van der Waals surface area contributed by atoms with Crippen molar-refractivity contribution in [2.75, 3.05) is 13.2 Å². The summed E-state index contributed by atoms with van der Waals surface area (Å²) in [5.41, 5.74) is 0. The highest BCUT2D eigenvalue weighted by Gasteiger charge is 2.18. The molecule has 0 aromatic heterocycles. The van der Waals surface area contributed by atoms with Crippen molar-refractivity contribution < 1.29 is 24.5 Å². The standard InChI is InChI=1S/C77H149NO5/c1-3-5-7-9-11-13-15-16-17-41-45-48-51-55-59-63-67-71-77(82)83-72-68-64-60-56-52-49-46-43-40-38-36-34-32-30-28-26-24-22-20-18-19-21-23-25-27-29-31-33-35-37-39-42-44-47-50-54-58-62-66-70-76(81)78-74(73-79)75(80)69-65-61-57-53-14-12-10-8-6-4-2/h18-19,65,69,74-75,79-80H,3-17,20-64,66-68,70-73H2,1-2H3,(H,78,81)/b19-18-,69-65+. The molecule has 6 heteroatoms. The summed E-state index contributed by atoms with van der Waals surface area (Å²) < 4.78 is 5.51. The van der Waals surface area contributed by atoms with E-state index >= 15 is 0 Å². The zero-order chi connectivity index (χ0) is 59.9. The van der Waals surface area contributed by atoms with Crippen LogP contribution in [0.3, 0.4) is 0 Å². The molecule has 0 aromatic carbocycles. The van der Waals surface area contributed by atoms with Gasteiger partial charge in [0.15, 0.2) is 0 Å². The lowest BCUT2D eigenvalue weighted by Gasteiger charge is -2.20. The molecule has 6 nitrogen and oxygen atoms in total. The van der Waals surface area contributed by atoms with Gasteiger partial charge in [-0.05, 0) is 57.8 Å². The fourth-order valence-corrected chi connectivity index (χ4v) is 12.2. The SMILES string of the molecule is CCCCCCCCCC/C=C/C(O)C(CO)NC(=O)CCCCCCCCCCCCCCCCCCC/C=C\CCCCCCCCCCCCCCCCCCCCOC(=O)CCCCCCCCCCCCCCCCCCC. The predicted octanol–water partition coefficient (Wildman–Crippen LogP) is 24.9. The van der Waals surface area contributed by atoms with Crippen molar-refractivity contribution in [2.45, 2.75) is 443 Å². The number of amides is 1. The van der Waals surface area contributed by atoms with Gasteiger partial charge >= 0.3 is 5.97 Å². The second kappa shape index (κ2) is 72.8. The lowest BCUT2D eigenvalue weighted by molar-refractivity contribution is -0.143. The molecule has 0 saturated heterocycles. The van der Waals surface area contributed by atoms with Crippen LogP contribution in [0.15, 0.2) is 24.3 Å². The van der Waals surface area contributed by atoms with E-state index in [0.717, 1.165) is 38.5 Å². The van der Waals surface area contributed by atoms with Crippen LogP contribution in [0.1, 0.15) is 431 Å². The van der Waals surface area contributed by atoms with Crippen LogP contribution in [-0.2, 0) is 14.3 Å². The molecule has 0 aliphatic heterocycles. The molecule has 492 valence electrons. The molecule has 1 amide bonds. The minimum absolute atomic E-state index is 0.0270. The maximum absolute atomic E-state index is 12.4. The summed E-state index contributed by atoms with van der Waals surface area (Å²) in [5.74, 6) is -0.0367. The monoisotopic (exact) mass is 1170 g/mol. The lowest BCUT2D eigenvalue weighted by Crippen LogP contribution is -2.45. The van der Waals surface area contributed by atoms with Gasteiger partial charge in [-0.1, -0.05) is 385 Å². The first kappa shape index (κ1) is 81.3. The van der Waals surface area contributed by atoms with Gasteiger partial charge in [0.2, 0.25) is 5.91 Å². The Hall–Kier alpha value is -1.66. The average molecular weight is 1170 g/mol. The Balaban J connectivity index is 3.29. The first-order valence-corrected chi connectivity index (χ1v) is 38.1. The Bertz CT molecular complexity index is 1300. The number of aliphatic hydroxyl groups is 2. The zero-order valence-electron chi connectivity index (χ0n) is 56.5. The Labute approximate surface area is 520 Å². The summed E-state index contributed by atoms with van der Waals surface area (Å²) in [7, 11) is 0. The summed E-state index contributed by atoms with van der Waals surface area (Å²) in [6, 6.07) is -0.622. The molecule has 0 rings (SSSR count). The Morgan fingerprint density at radius 1 is 0.325 bits per heavy atom. The molecule has 0 aromatic rings. The topological polar surface area (TPSA) is 95.9 Å². The number of carbonyl (C=O) groups excluding carboxylic acids is 2. The van der Waals surface area contributed by atoms with Crippen LogP contribution < -0.4 is 5.32 Å². The Morgan fingerprint density at radius 2 is 0.566 bits per heavy atom. The molecule has 2 atom stereocenters. The van der Waals surface area contributed by atoms with Crippen LogP contribution in [0, 0.1) is 0 Å². The van der Waals surface area contributed by atoms with E-state index in [1.165, 1.54) is 366 Å². The third-order valence-corrected chi connectivity index (χ3v) is 18.0. The highest BCUT2D eigenvalue weighted by atomic mass is 16.5. The third-order valence-electron chi connectivity index (χ3n) is 18.0. The molecule has 0 fully saturated rings. The van der Waals surface area contributed by atoms with E-state index in [0.29, 0.717) is 19.4 Å². The number of allylic oxidation sites excluding steroid dienone is 3. The Morgan fingerprint density at radius 3 is 0.855 bits per heavy atom. The summed E-state index contributed by atoms with van der Waals surface area (Å²) in [4.78, 5) is 24.5. The molecule has 0 aliphatic carbocycles. The van der Waals surface area contributed by atoms with E-state index in [9.17, 15) is 19.8 Å². The van der Waals surface area contributed by atoms with Crippen LogP contribution >= 0.6 is 0 Å². The molecule has 0 aliphatic rings. The predicted molar refractivity (Wildman–Crippen MR) is 366 cm³/mol. The quantitative estimate of drug-likeness (QED) is 0.0320. The van der Waals surface area contributed by atoms with Gasteiger partial charge in [-0.15, -0.1) is 0 Å². The van der Waals surface area contributed by atoms with Crippen molar-refractivity contribution in [1.29, 1.82) is 0 Å². The molecule has 2 unspecified atom stereocenters. The van der Waals surface area contributed by atoms with E-state index in [4.69, 9.17) is 4.74 Å². The van der Waals surface area contributed by atoms with Gasteiger partial charge in [-0.25, -0.2) is 0 Å². The first-order valence-electron chi connectivity index (χ1n) is 38.1. The molecule has 0 bridgehead atoms. The minimum atomic E-state index is -0.839. The number of esters is 1. The second-order valence-electron chi connectivity index (χ2n) is 26.3. The van der Waals surface area contributed by atoms with Crippen molar-refractivity contribution in [3.8, 4) is 0 Å². The van der Waals surface area contributed by atoms with Crippen molar-refractivity contribution >= 4 is 11.9 Å². The number of hydrogen-bond acceptors (Lipinski definition) is 5. The molecule has 0 heterocycles. The maximum atomic E-state index is 12.4. The Kier molecular flexibility index (Phi) is 71.4. The zero-order valence-corrected chi connectivity index (χ0v) is 56.5. The number of hydrogen-bond donors (Lipinski definition) is 3. The molecule has 0 radical (unpaired) electrons. The fraction of sp³-hybridized carbons (Fsp3) is 0.922. The second-order valence-corrected chi connectivity index (χ2v) is 26.3. The van der Waals surface area contributed by atoms with Crippen LogP contribution in [0.5, 0.6) is 0 Å². The summed E-state index contributed by atoms with van der Waals surface area (Å²) >= 11 is 0. The molecule has 0 spiro atoms. The van der Waals surface area contributed by atoms with Gasteiger partial charge in [0, 0.05) is 12.8 Å². The summed E-state index contributed by atoms with van der Waals surface area (Å²) in [6.07, 6.45) is 93.1. The number of rotatable bonds is 72. The number of nitrogens with one attached hydrogen (secondary N) is 1. The van der Waals surface area contributed by atoms with Crippen LogP contribution in [-0.4, -0.2) is 47.4 Å². The van der Waals surface area contributed by atoms with Gasteiger partial charge in [0.1, 0.15) is 0 Å².